The number of hydrogen-bond donors (Lipinski definition) is 2. The highest BCUT2D eigenvalue weighted by Crippen LogP contribution is 2.37. The lowest BCUT2D eigenvalue weighted by Gasteiger charge is -2.12. The largest absolute Gasteiger partial charge is 0.387 e. The summed E-state index contributed by atoms with van der Waals surface area (Å²) in [6.45, 7) is 3.98. The molecular weight excluding hydrogens is 419 g/mol. The lowest BCUT2D eigenvalue weighted by atomic mass is 10.0. The maximum Gasteiger partial charge on any atom is 0.232 e. The average molecular weight is 441 g/mol. The van der Waals surface area contributed by atoms with E-state index in [4.69, 9.17) is 0 Å². The van der Waals surface area contributed by atoms with Crippen LogP contribution in [0.5, 0.6) is 0 Å². The van der Waals surface area contributed by atoms with Gasteiger partial charge in [0.25, 0.3) is 0 Å². The molecule has 1 aliphatic rings. The third-order valence-electron chi connectivity index (χ3n) is 5.50. The molecule has 0 spiro atoms. The molecule has 10 heteroatoms. The van der Waals surface area contributed by atoms with E-state index in [1.165, 1.54) is 17.7 Å². The predicted octanol–water partition coefficient (Wildman–Crippen LogP) is 3.84. The minimum atomic E-state index is -1.06. The van der Waals surface area contributed by atoms with E-state index in [1.54, 1.807) is 10.7 Å². The van der Waals surface area contributed by atoms with Crippen molar-refractivity contribution in [3.63, 3.8) is 0 Å². The average Bonchev–Trinajstić information content (AvgIpc) is 3.12. The molecule has 0 radical (unpaired) electrons. The number of carbonyl (C=O) groups is 1. The number of aliphatic hydroxyl groups is 1. The van der Waals surface area contributed by atoms with E-state index in [0.717, 1.165) is 27.9 Å². The Bertz CT molecular complexity index is 1300. The molecule has 1 fully saturated rings. The van der Waals surface area contributed by atoms with Crippen molar-refractivity contribution in [2.75, 3.05) is 5.32 Å². The summed E-state index contributed by atoms with van der Waals surface area (Å²) >= 11 is 1.27. The molecule has 1 unspecified atom stereocenters. The van der Waals surface area contributed by atoms with Gasteiger partial charge in [-0.15, -0.1) is 0 Å². The third-order valence-corrected chi connectivity index (χ3v) is 6.46. The standard InChI is InChI=1S/C21H21FN6O2S/c1-3-4-17(29)15-5-10(2)13(8-23-15)11-7-16-20(28-18(11)24-9-25-28)31-21(26-16)27-19(30)12-6-14(12)22/h5,7-9,12,14,17,29H,3-4,6H2,1-2H3,(H,26,27,30)/t12-,14+,17?/m0/s1. The number of nitrogens with zero attached hydrogens (tertiary/aromatic N) is 5. The van der Waals surface area contributed by atoms with Crippen LogP contribution in [0.1, 0.15) is 43.5 Å². The molecule has 0 bridgehead atoms. The summed E-state index contributed by atoms with van der Waals surface area (Å²) < 4.78 is 14.9. The van der Waals surface area contributed by atoms with Gasteiger partial charge in [-0.2, -0.15) is 5.10 Å². The summed E-state index contributed by atoms with van der Waals surface area (Å²) in [7, 11) is 0. The van der Waals surface area contributed by atoms with Crippen molar-refractivity contribution in [2.24, 2.45) is 5.92 Å². The van der Waals surface area contributed by atoms with E-state index in [0.29, 0.717) is 28.4 Å². The minimum Gasteiger partial charge on any atom is -0.387 e. The van der Waals surface area contributed by atoms with Gasteiger partial charge in [0.1, 0.15) is 22.8 Å². The fourth-order valence-electron chi connectivity index (χ4n) is 3.69. The van der Waals surface area contributed by atoms with Gasteiger partial charge in [0.2, 0.25) is 5.91 Å². The number of halogens is 1. The predicted molar refractivity (Wildman–Crippen MR) is 116 cm³/mol. The number of hydrogen-bond acceptors (Lipinski definition) is 7. The Kier molecular flexibility index (Phi) is 4.90. The quantitative estimate of drug-likeness (QED) is 0.472. The number of alkyl halides is 1. The van der Waals surface area contributed by atoms with Gasteiger partial charge in [-0.3, -0.25) is 9.78 Å². The van der Waals surface area contributed by atoms with E-state index in [2.05, 4.69) is 25.4 Å². The summed E-state index contributed by atoms with van der Waals surface area (Å²) in [5.41, 5.74) is 4.56. The van der Waals surface area contributed by atoms with Gasteiger partial charge in [0.15, 0.2) is 10.8 Å². The molecule has 8 nitrogen and oxygen atoms in total. The molecule has 0 aliphatic heterocycles. The molecule has 4 aromatic rings. The number of nitrogens with one attached hydrogen (secondary N) is 1. The zero-order valence-corrected chi connectivity index (χ0v) is 17.9. The maximum absolute atomic E-state index is 13.2. The molecule has 160 valence electrons. The van der Waals surface area contributed by atoms with E-state index < -0.39 is 18.2 Å². The van der Waals surface area contributed by atoms with Crippen LogP contribution in [0.25, 0.3) is 27.1 Å². The second-order valence-electron chi connectivity index (χ2n) is 7.84. The van der Waals surface area contributed by atoms with Gasteiger partial charge in [0.05, 0.1) is 17.7 Å². The highest BCUT2D eigenvalue weighted by atomic mass is 32.1. The van der Waals surface area contributed by atoms with Crippen molar-refractivity contribution in [2.45, 2.75) is 45.4 Å². The molecule has 31 heavy (non-hydrogen) atoms. The van der Waals surface area contributed by atoms with E-state index >= 15 is 0 Å². The lowest BCUT2D eigenvalue weighted by molar-refractivity contribution is -0.117. The lowest BCUT2D eigenvalue weighted by Crippen LogP contribution is -2.14. The summed E-state index contributed by atoms with van der Waals surface area (Å²) in [6.07, 6.45) is 3.35. The van der Waals surface area contributed by atoms with Gasteiger partial charge < -0.3 is 10.4 Å². The van der Waals surface area contributed by atoms with Gasteiger partial charge in [-0.1, -0.05) is 24.7 Å². The number of rotatable bonds is 6. The molecular formula is C21H21FN6O2S. The molecule has 0 aromatic carbocycles. The Morgan fingerprint density at radius 3 is 2.90 bits per heavy atom. The molecule has 4 aromatic heterocycles. The van der Waals surface area contributed by atoms with Crippen molar-refractivity contribution in [1.29, 1.82) is 0 Å². The number of aromatic nitrogens is 5. The number of thiazole rings is 1. The van der Waals surface area contributed by atoms with Crippen LogP contribution < -0.4 is 5.32 Å². The SMILES string of the molecule is CCCC(O)c1cc(C)c(-c2cc3nc(NC(=O)[C@H]4C[C@H]4F)sc3n3ncnc23)cn1. The van der Waals surface area contributed by atoms with Gasteiger partial charge in [-0.25, -0.2) is 18.9 Å². The zero-order chi connectivity index (χ0) is 21.7. The Hall–Kier alpha value is -2.98. The fraction of sp³-hybridized carbons (Fsp3) is 0.381. The van der Waals surface area contributed by atoms with Crippen molar-refractivity contribution < 1.29 is 14.3 Å². The first-order chi connectivity index (χ1) is 15.0. The Morgan fingerprint density at radius 2 is 2.19 bits per heavy atom. The van der Waals surface area contributed by atoms with E-state index in [1.807, 2.05) is 26.0 Å². The van der Waals surface area contributed by atoms with Crippen molar-refractivity contribution in [3.8, 4) is 11.1 Å². The number of amides is 1. The van der Waals surface area contributed by atoms with Gasteiger partial charge in [0, 0.05) is 17.3 Å². The molecule has 3 atom stereocenters. The zero-order valence-electron chi connectivity index (χ0n) is 17.0. The van der Waals surface area contributed by atoms with Crippen LogP contribution in [-0.4, -0.2) is 41.8 Å². The van der Waals surface area contributed by atoms with Crippen LogP contribution in [0.4, 0.5) is 9.52 Å². The molecule has 1 amide bonds. The van der Waals surface area contributed by atoms with Gasteiger partial charge in [-0.05, 0) is 37.5 Å². The second-order valence-corrected chi connectivity index (χ2v) is 8.82. The first-order valence-electron chi connectivity index (χ1n) is 10.2. The Morgan fingerprint density at radius 1 is 1.39 bits per heavy atom. The molecule has 1 aliphatic carbocycles. The van der Waals surface area contributed by atoms with Crippen molar-refractivity contribution in [3.05, 3.63) is 35.9 Å². The van der Waals surface area contributed by atoms with Crippen LogP contribution >= 0.6 is 11.3 Å². The molecule has 1 saturated carbocycles. The van der Waals surface area contributed by atoms with Crippen LogP contribution in [0, 0.1) is 12.8 Å². The number of carbonyl (C=O) groups excluding carboxylic acids is 1. The first-order valence-corrected chi connectivity index (χ1v) is 11.0. The summed E-state index contributed by atoms with van der Waals surface area (Å²) in [5.74, 6) is -0.924. The van der Waals surface area contributed by atoms with Gasteiger partial charge >= 0.3 is 0 Å². The molecule has 5 rings (SSSR count). The number of fused-ring (bicyclic) bond motifs is 3. The Labute approximate surface area is 181 Å². The minimum absolute atomic E-state index is 0.267. The van der Waals surface area contributed by atoms with E-state index in [-0.39, 0.29) is 12.3 Å². The topological polar surface area (TPSA) is 105 Å². The van der Waals surface area contributed by atoms with Crippen LogP contribution in [0.15, 0.2) is 24.7 Å². The fourth-order valence-corrected chi connectivity index (χ4v) is 4.60. The summed E-state index contributed by atoms with van der Waals surface area (Å²) in [4.78, 5) is 26.2. The van der Waals surface area contributed by atoms with Crippen molar-refractivity contribution >= 4 is 38.4 Å². The summed E-state index contributed by atoms with van der Waals surface area (Å²) in [6, 6.07) is 3.79. The highest BCUT2D eigenvalue weighted by Gasteiger charge is 2.43. The number of aryl methyl sites for hydroxylation is 1. The van der Waals surface area contributed by atoms with Crippen LogP contribution in [0.3, 0.4) is 0 Å². The second kappa shape index (κ2) is 7.61. The number of pyridine rings is 2. The number of aliphatic hydroxyl groups excluding tert-OH is 1. The Balaban J connectivity index is 1.56. The highest BCUT2D eigenvalue weighted by molar-refractivity contribution is 7.22. The smallest absolute Gasteiger partial charge is 0.232 e. The monoisotopic (exact) mass is 440 g/mol. The molecule has 0 saturated heterocycles. The number of anilines is 1. The van der Waals surface area contributed by atoms with Crippen LogP contribution in [0.2, 0.25) is 0 Å². The van der Waals surface area contributed by atoms with Crippen LogP contribution in [-0.2, 0) is 4.79 Å². The van der Waals surface area contributed by atoms with E-state index in [9.17, 15) is 14.3 Å². The maximum atomic E-state index is 13.2. The molecule has 4 heterocycles. The molecule has 2 N–H and O–H groups in total. The first kappa shape index (κ1) is 20.0. The third kappa shape index (κ3) is 3.55. The van der Waals surface area contributed by atoms with Crippen molar-refractivity contribution in [1.82, 2.24) is 24.6 Å². The normalized spacial score (nSPS) is 19.1. The summed E-state index contributed by atoms with van der Waals surface area (Å²) in [5, 5.41) is 17.7.